The van der Waals surface area contributed by atoms with Gasteiger partial charge in [-0.2, -0.15) is 12.6 Å². The summed E-state index contributed by atoms with van der Waals surface area (Å²) >= 11 is 4.16. The molecule has 1 N–H and O–H groups in total. The first-order valence-corrected chi connectivity index (χ1v) is 6.32. The minimum atomic E-state index is -0.802. The quantitative estimate of drug-likeness (QED) is 0.360. The molecule has 0 aromatic heterocycles. The summed E-state index contributed by atoms with van der Waals surface area (Å²) in [5.41, 5.74) is 0.463. The summed E-state index contributed by atoms with van der Waals surface area (Å²) in [4.78, 5) is 10.5. The molecule has 0 amide bonds. The van der Waals surface area contributed by atoms with E-state index in [0.29, 0.717) is 5.57 Å². The number of carboxylic acids is 1. The Morgan fingerprint density at radius 3 is 2.20 bits per heavy atom. The molecule has 0 unspecified atom stereocenters. The minimum absolute atomic E-state index is 0.463. The van der Waals surface area contributed by atoms with E-state index in [1.165, 1.54) is 32.1 Å². The van der Waals surface area contributed by atoms with E-state index < -0.39 is 5.97 Å². The molecule has 0 aliphatic carbocycles. The summed E-state index contributed by atoms with van der Waals surface area (Å²) in [5.74, 6) is 0.185. The smallest absolute Gasteiger partial charge is 0.330 e. The highest BCUT2D eigenvalue weighted by Crippen LogP contribution is 2.08. The van der Waals surface area contributed by atoms with E-state index in [0.717, 1.165) is 18.6 Å². The third-order valence-electron chi connectivity index (χ3n) is 2.40. The number of thiol groups is 1. The number of aliphatic carboxylic acids is 1. The zero-order chi connectivity index (χ0) is 11.5. The summed E-state index contributed by atoms with van der Waals surface area (Å²) in [7, 11) is 0. The molecule has 0 rings (SSSR count). The van der Waals surface area contributed by atoms with Gasteiger partial charge >= 0.3 is 5.97 Å². The SMILES string of the molecule is CC(=CCCCCCCCCS)C(=O)O. The Morgan fingerprint density at radius 2 is 1.67 bits per heavy atom. The lowest BCUT2D eigenvalue weighted by molar-refractivity contribution is -0.132. The van der Waals surface area contributed by atoms with E-state index in [2.05, 4.69) is 12.6 Å². The van der Waals surface area contributed by atoms with Crippen LogP contribution in [-0.4, -0.2) is 16.8 Å². The van der Waals surface area contributed by atoms with Crippen LogP contribution < -0.4 is 0 Å². The average Bonchev–Trinajstić information content (AvgIpc) is 2.21. The Kier molecular flexibility index (Phi) is 9.79. The van der Waals surface area contributed by atoms with Crippen LogP contribution in [0.5, 0.6) is 0 Å². The molecule has 0 aliphatic heterocycles. The van der Waals surface area contributed by atoms with Gasteiger partial charge in [0.15, 0.2) is 0 Å². The molecule has 0 spiro atoms. The molecular weight excluding hydrogens is 208 g/mol. The normalized spacial score (nSPS) is 11.7. The van der Waals surface area contributed by atoms with Gasteiger partial charge in [0.1, 0.15) is 0 Å². The Bertz CT molecular complexity index is 200. The summed E-state index contributed by atoms with van der Waals surface area (Å²) in [6, 6.07) is 0. The van der Waals surface area contributed by atoms with Crippen molar-refractivity contribution in [3.8, 4) is 0 Å². The van der Waals surface area contributed by atoms with Crippen molar-refractivity contribution in [2.45, 2.75) is 51.9 Å². The van der Waals surface area contributed by atoms with Gasteiger partial charge in [0.25, 0.3) is 0 Å². The van der Waals surface area contributed by atoms with Gasteiger partial charge in [0.2, 0.25) is 0 Å². The Hall–Kier alpha value is -0.440. The molecule has 0 radical (unpaired) electrons. The highest BCUT2D eigenvalue weighted by molar-refractivity contribution is 7.80. The standard InChI is InChI=1S/C12H22O2S/c1-11(12(13)14)9-7-5-3-2-4-6-8-10-15/h9,15H,2-8,10H2,1H3,(H,13,14). The third kappa shape index (κ3) is 9.85. The van der Waals surface area contributed by atoms with Gasteiger partial charge in [0, 0.05) is 5.57 Å². The number of carbonyl (C=O) groups is 1. The van der Waals surface area contributed by atoms with Crippen LogP contribution >= 0.6 is 12.6 Å². The summed E-state index contributed by atoms with van der Waals surface area (Å²) in [5, 5.41) is 8.61. The predicted molar refractivity (Wildman–Crippen MR) is 67.6 cm³/mol. The van der Waals surface area contributed by atoms with Gasteiger partial charge < -0.3 is 5.11 Å². The molecule has 0 aliphatic rings. The molecule has 0 aromatic carbocycles. The maximum Gasteiger partial charge on any atom is 0.330 e. The topological polar surface area (TPSA) is 37.3 Å². The van der Waals surface area contributed by atoms with Crippen LogP contribution in [0, 0.1) is 0 Å². The first kappa shape index (κ1) is 14.6. The molecule has 3 heteroatoms. The molecule has 0 saturated heterocycles. The lowest BCUT2D eigenvalue weighted by Gasteiger charge is -1.99. The number of hydrogen-bond donors (Lipinski definition) is 2. The lowest BCUT2D eigenvalue weighted by Crippen LogP contribution is -1.95. The monoisotopic (exact) mass is 230 g/mol. The second kappa shape index (κ2) is 10.1. The zero-order valence-corrected chi connectivity index (χ0v) is 10.4. The van der Waals surface area contributed by atoms with E-state index in [-0.39, 0.29) is 0 Å². The van der Waals surface area contributed by atoms with Crippen molar-refractivity contribution >= 4 is 18.6 Å². The summed E-state index contributed by atoms with van der Waals surface area (Å²) < 4.78 is 0. The molecule has 15 heavy (non-hydrogen) atoms. The van der Waals surface area contributed by atoms with Gasteiger partial charge in [-0.15, -0.1) is 0 Å². The average molecular weight is 230 g/mol. The molecule has 0 fully saturated rings. The Morgan fingerprint density at radius 1 is 1.13 bits per heavy atom. The van der Waals surface area contributed by atoms with E-state index in [1.54, 1.807) is 6.92 Å². The lowest BCUT2D eigenvalue weighted by atomic mass is 10.1. The highest BCUT2D eigenvalue weighted by atomic mass is 32.1. The van der Waals surface area contributed by atoms with Crippen molar-refractivity contribution < 1.29 is 9.90 Å². The van der Waals surface area contributed by atoms with Gasteiger partial charge in [-0.3, -0.25) is 0 Å². The fourth-order valence-electron chi connectivity index (χ4n) is 1.37. The summed E-state index contributed by atoms with van der Waals surface area (Å²) in [6.45, 7) is 1.65. The van der Waals surface area contributed by atoms with Gasteiger partial charge in [-0.1, -0.05) is 31.8 Å². The fourth-order valence-corrected chi connectivity index (χ4v) is 1.59. The number of carboxylic acid groups (broad SMARTS) is 1. The van der Waals surface area contributed by atoms with Gasteiger partial charge in [0.05, 0.1) is 0 Å². The van der Waals surface area contributed by atoms with Crippen LogP contribution in [0.1, 0.15) is 51.9 Å². The van der Waals surface area contributed by atoms with Crippen molar-refractivity contribution in [1.82, 2.24) is 0 Å². The van der Waals surface area contributed by atoms with Crippen molar-refractivity contribution in [3.05, 3.63) is 11.6 Å². The van der Waals surface area contributed by atoms with E-state index in [4.69, 9.17) is 5.11 Å². The van der Waals surface area contributed by atoms with Crippen LogP contribution in [0.4, 0.5) is 0 Å². The number of rotatable bonds is 9. The Labute approximate surface area is 98.2 Å². The van der Waals surface area contributed by atoms with Crippen molar-refractivity contribution in [3.63, 3.8) is 0 Å². The van der Waals surface area contributed by atoms with E-state index in [1.807, 2.05) is 6.08 Å². The molecule has 0 atom stereocenters. The molecule has 0 heterocycles. The predicted octanol–water partition coefficient (Wildman–Crippen LogP) is 3.68. The van der Waals surface area contributed by atoms with E-state index >= 15 is 0 Å². The molecular formula is C12H22O2S. The third-order valence-corrected chi connectivity index (χ3v) is 2.72. The second-order valence-corrected chi connectivity index (χ2v) is 4.27. The van der Waals surface area contributed by atoms with Crippen LogP contribution in [0.3, 0.4) is 0 Å². The van der Waals surface area contributed by atoms with Crippen molar-refractivity contribution in [1.29, 1.82) is 0 Å². The van der Waals surface area contributed by atoms with Crippen LogP contribution in [-0.2, 0) is 4.79 Å². The molecule has 0 saturated carbocycles. The summed E-state index contributed by atoms with van der Waals surface area (Å²) in [6.07, 6.45) is 10.0. The van der Waals surface area contributed by atoms with Crippen LogP contribution in [0.15, 0.2) is 11.6 Å². The number of unbranched alkanes of at least 4 members (excludes halogenated alkanes) is 6. The number of hydrogen-bond acceptors (Lipinski definition) is 2. The second-order valence-electron chi connectivity index (χ2n) is 3.83. The molecule has 0 aromatic rings. The molecule has 2 nitrogen and oxygen atoms in total. The maximum absolute atomic E-state index is 10.5. The highest BCUT2D eigenvalue weighted by Gasteiger charge is 1.97. The van der Waals surface area contributed by atoms with Crippen molar-refractivity contribution in [2.75, 3.05) is 5.75 Å². The van der Waals surface area contributed by atoms with Crippen molar-refractivity contribution in [2.24, 2.45) is 0 Å². The Balaban J connectivity index is 3.25. The molecule has 88 valence electrons. The largest absolute Gasteiger partial charge is 0.478 e. The van der Waals surface area contributed by atoms with Gasteiger partial charge in [-0.25, -0.2) is 4.79 Å². The first-order chi connectivity index (χ1) is 7.18. The first-order valence-electron chi connectivity index (χ1n) is 5.69. The minimum Gasteiger partial charge on any atom is -0.478 e. The van der Waals surface area contributed by atoms with E-state index in [9.17, 15) is 4.79 Å². The van der Waals surface area contributed by atoms with Gasteiger partial charge in [-0.05, 0) is 31.9 Å². The fraction of sp³-hybridized carbons (Fsp3) is 0.750. The molecule has 0 bridgehead atoms. The van der Waals surface area contributed by atoms with Crippen LogP contribution in [0.2, 0.25) is 0 Å². The zero-order valence-electron chi connectivity index (χ0n) is 9.54. The number of allylic oxidation sites excluding steroid dienone is 1. The maximum atomic E-state index is 10.5. The van der Waals surface area contributed by atoms with Crippen LogP contribution in [0.25, 0.3) is 0 Å².